The molecule has 2 N–H and O–H groups in total. The largest absolute Gasteiger partial charge is 0.379 e. The lowest BCUT2D eigenvalue weighted by Crippen LogP contribution is -2.53. The molecule has 2 saturated carbocycles. The fraction of sp³-hybridized carbons (Fsp3) is 1.00. The van der Waals surface area contributed by atoms with Gasteiger partial charge in [0.1, 0.15) is 0 Å². The van der Waals surface area contributed by atoms with Crippen molar-refractivity contribution in [3.63, 3.8) is 0 Å². The second-order valence-corrected chi connectivity index (χ2v) is 7.86. The number of rotatable bonds is 4. The second-order valence-electron chi connectivity index (χ2n) is 6.72. The third-order valence-corrected chi connectivity index (χ3v) is 6.54. The Bertz CT molecular complexity index is 296. The molecule has 0 radical (unpaired) electrons. The van der Waals surface area contributed by atoms with Crippen molar-refractivity contribution in [3.8, 4) is 0 Å². The van der Waals surface area contributed by atoms with Crippen LogP contribution < -0.4 is 10.6 Å². The fourth-order valence-corrected chi connectivity index (χ4v) is 5.18. The molecule has 1 saturated heterocycles. The van der Waals surface area contributed by atoms with Gasteiger partial charge < -0.3 is 15.4 Å². The van der Waals surface area contributed by atoms with E-state index < -0.39 is 0 Å². The van der Waals surface area contributed by atoms with Gasteiger partial charge in [0.25, 0.3) is 0 Å². The summed E-state index contributed by atoms with van der Waals surface area (Å²) >= 11 is 2.06. The summed E-state index contributed by atoms with van der Waals surface area (Å²) in [5, 5.41) is 8.59. The summed E-state index contributed by atoms with van der Waals surface area (Å²) in [6.45, 7) is 2.84. The summed E-state index contributed by atoms with van der Waals surface area (Å²) in [6.07, 6.45) is 12.0. The maximum Gasteiger partial charge on any atom is 0.0623 e. The van der Waals surface area contributed by atoms with Gasteiger partial charge in [-0.2, -0.15) is 11.8 Å². The normalized spacial score (nSPS) is 42.8. The van der Waals surface area contributed by atoms with Crippen LogP contribution >= 0.6 is 11.8 Å². The van der Waals surface area contributed by atoms with Gasteiger partial charge in [0.15, 0.2) is 0 Å². The summed E-state index contributed by atoms with van der Waals surface area (Å²) in [5.74, 6) is 0.782. The van der Waals surface area contributed by atoms with Crippen LogP contribution in [0.1, 0.15) is 44.9 Å². The molecule has 0 spiro atoms. The monoisotopic (exact) mass is 298 g/mol. The van der Waals surface area contributed by atoms with Gasteiger partial charge in [0, 0.05) is 29.9 Å². The highest BCUT2D eigenvalue weighted by molar-refractivity contribution is 7.99. The van der Waals surface area contributed by atoms with Crippen molar-refractivity contribution in [2.24, 2.45) is 5.92 Å². The van der Waals surface area contributed by atoms with Crippen LogP contribution in [0.15, 0.2) is 0 Å². The predicted octanol–water partition coefficient (Wildman–Crippen LogP) is 2.41. The lowest BCUT2D eigenvalue weighted by atomic mass is 9.90. The molecule has 5 unspecified atom stereocenters. The molecule has 3 nitrogen and oxygen atoms in total. The molecule has 2 aliphatic carbocycles. The molecule has 116 valence electrons. The Morgan fingerprint density at radius 2 is 2.05 bits per heavy atom. The molecule has 3 aliphatic rings. The highest BCUT2D eigenvalue weighted by Crippen LogP contribution is 2.32. The first-order valence-electron chi connectivity index (χ1n) is 8.47. The maximum atomic E-state index is 5.67. The van der Waals surface area contributed by atoms with E-state index in [0.29, 0.717) is 6.04 Å². The smallest absolute Gasteiger partial charge is 0.0623 e. The molecule has 4 heteroatoms. The van der Waals surface area contributed by atoms with Crippen molar-refractivity contribution in [2.75, 3.05) is 26.0 Å². The molecule has 3 fully saturated rings. The Morgan fingerprint density at radius 3 is 2.85 bits per heavy atom. The second kappa shape index (κ2) is 7.48. The summed E-state index contributed by atoms with van der Waals surface area (Å²) in [7, 11) is 0. The molecule has 0 bridgehead atoms. The summed E-state index contributed by atoms with van der Waals surface area (Å²) in [6, 6.07) is 2.07. The van der Waals surface area contributed by atoms with Crippen LogP contribution in [0.3, 0.4) is 0 Å². The summed E-state index contributed by atoms with van der Waals surface area (Å²) < 4.78 is 5.67. The molecule has 1 heterocycles. The first kappa shape index (κ1) is 15.1. The van der Waals surface area contributed by atoms with Crippen LogP contribution in [-0.2, 0) is 4.74 Å². The highest BCUT2D eigenvalue weighted by Gasteiger charge is 2.36. The average molecular weight is 298 g/mol. The Kier molecular flexibility index (Phi) is 5.66. The summed E-state index contributed by atoms with van der Waals surface area (Å²) in [5.41, 5.74) is 0. The van der Waals surface area contributed by atoms with Crippen molar-refractivity contribution >= 4 is 11.8 Å². The number of hydrogen-bond donors (Lipinski definition) is 2. The zero-order valence-corrected chi connectivity index (χ0v) is 13.6. The van der Waals surface area contributed by atoms with Crippen molar-refractivity contribution in [1.29, 1.82) is 0 Å². The van der Waals surface area contributed by atoms with E-state index in [1.807, 2.05) is 0 Å². The van der Waals surface area contributed by atoms with Crippen molar-refractivity contribution in [2.45, 2.75) is 68.3 Å². The Balaban J connectivity index is 1.52. The van der Waals surface area contributed by atoms with Gasteiger partial charge in [-0.1, -0.05) is 12.8 Å². The predicted molar refractivity (Wildman–Crippen MR) is 86.4 cm³/mol. The first-order valence-corrected chi connectivity index (χ1v) is 9.75. The van der Waals surface area contributed by atoms with Crippen molar-refractivity contribution in [1.82, 2.24) is 10.6 Å². The third-order valence-electron chi connectivity index (χ3n) is 5.45. The highest BCUT2D eigenvalue weighted by atomic mass is 32.2. The molecule has 0 aromatic heterocycles. The van der Waals surface area contributed by atoms with Gasteiger partial charge in [0.2, 0.25) is 0 Å². The number of nitrogens with one attached hydrogen (secondary N) is 2. The third kappa shape index (κ3) is 3.70. The first-order chi connectivity index (χ1) is 9.86. The Morgan fingerprint density at radius 1 is 1.15 bits per heavy atom. The van der Waals surface area contributed by atoms with Crippen LogP contribution in [0, 0.1) is 5.92 Å². The van der Waals surface area contributed by atoms with E-state index in [1.54, 1.807) is 0 Å². The van der Waals surface area contributed by atoms with Crippen LogP contribution in [0.25, 0.3) is 0 Å². The molecule has 0 amide bonds. The molecule has 0 aromatic rings. The van der Waals surface area contributed by atoms with Crippen LogP contribution in [0.5, 0.6) is 0 Å². The van der Waals surface area contributed by atoms with Crippen molar-refractivity contribution < 1.29 is 4.74 Å². The molecule has 5 atom stereocenters. The Hall–Kier alpha value is 0.230. The zero-order valence-electron chi connectivity index (χ0n) is 12.8. The van der Waals surface area contributed by atoms with Gasteiger partial charge in [0.05, 0.1) is 13.2 Å². The van der Waals surface area contributed by atoms with E-state index in [-0.39, 0.29) is 0 Å². The molecule has 0 aromatic carbocycles. The van der Waals surface area contributed by atoms with Crippen LogP contribution in [0.2, 0.25) is 0 Å². The zero-order chi connectivity index (χ0) is 13.8. The maximum absolute atomic E-state index is 5.67. The topological polar surface area (TPSA) is 33.3 Å². The van der Waals surface area contributed by atoms with Gasteiger partial charge in [-0.05, 0) is 44.3 Å². The minimum absolute atomic E-state index is 0.587. The fourth-order valence-electron chi connectivity index (χ4n) is 4.35. The van der Waals surface area contributed by atoms with E-state index in [0.717, 1.165) is 43.0 Å². The number of ether oxygens (including phenoxy) is 1. The minimum Gasteiger partial charge on any atom is -0.379 e. The lowest BCUT2D eigenvalue weighted by Gasteiger charge is -2.36. The van der Waals surface area contributed by atoms with E-state index >= 15 is 0 Å². The molecule has 1 aliphatic heterocycles. The van der Waals surface area contributed by atoms with Crippen LogP contribution in [0.4, 0.5) is 0 Å². The van der Waals surface area contributed by atoms with Gasteiger partial charge >= 0.3 is 0 Å². The SMILES string of the molecule is CSC1CCCC(NC2CCCC2C2COCCN2)C1. The van der Waals surface area contributed by atoms with Gasteiger partial charge in [-0.15, -0.1) is 0 Å². The average Bonchev–Trinajstić information content (AvgIpc) is 2.96. The number of morpholine rings is 1. The van der Waals surface area contributed by atoms with E-state index in [9.17, 15) is 0 Å². The molecular weight excluding hydrogens is 268 g/mol. The molecular formula is C16H30N2OS. The molecule has 3 rings (SSSR count). The standard InChI is InChI=1S/C16H30N2OS/c1-20-13-5-2-4-12(10-13)18-15-7-3-6-14(15)16-11-19-9-8-17-16/h12-18H,2-11H2,1H3. The molecule has 20 heavy (non-hydrogen) atoms. The Labute approximate surface area is 128 Å². The number of hydrogen-bond acceptors (Lipinski definition) is 4. The van der Waals surface area contributed by atoms with Crippen molar-refractivity contribution in [3.05, 3.63) is 0 Å². The minimum atomic E-state index is 0.587. The summed E-state index contributed by atoms with van der Waals surface area (Å²) in [4.78, 5) is 0. The van der Waals surface area contributed by atoms with E-state index in [2.05, 4.69) is 28.7 Å². The van der Waals surface area contributed by atoms with E-state index in [1.165, 1.54) is 44.9 Å². The van der Waals surface area contributed by atoms with Gasteiger partial charge in [-0.25, -0.2) is 0 Å². The van der Waals surface area contributed by atoms with Gasteiger partial charge in [-0.3, -0.25) is 0 Å². The number of thioether (sulfide) groups is 1. The van der Waals surface area contributed by atoms with Crippen LogP contribution in [-0.4, -0.2) is 49.4 Å². The van der Waals surface area contributed by atoms with E-state index in [4.69, 9.17) is 4.74 Å². The quantitative estimate of drug-likeness (QED) is 0.835. The lowest BCUT2D eigenvalue weighted by molar-refractivity contribution is 0.0513.